The first-order chi connectivity index (χ1) is 11.7. The zero-order valence-corrected chi connectivity index (χ0v) is 15.3. The molecule has 1 heterocycles. The number of anilines is 1. The maximum atomic E-state index is 12.3. The van der Waals surface area contributed by atoms with Gasteiger partial charge in [0.15, 0.2) is 0 Å². The van der Waals surface area contributed by atoms with Crippen molar-refractivity contribution in [3.63, 3.8) is 0 Å². The Balaban J connectivity index is 1.68. The number of halogens is 1. The predicted octanol–water partition coefficient (Wildman–Crippen LogP) is 4.83. The van der Waals surface area contributed by atoms with Gasteiger partial charge in [-0.1, -0.05) is 48.5 Å². The summed E-state index contributed by atoms with van der Waals surface area (Å²) in [6, 6.07) is 21.9. The molecule has 1 aromatic heterocycles. The number of benzene rings is 2. The van der Waals surface area contributed by atoms with Crippen LogP contribution >= 0.6 is 27.3 Å². The van der Waals surface area contributed by atoms with Crippen molar-refractivity contribution in [3.05, 3.63) is 87.0 Å². The van der Waals surface area contributed by atoms with Gasteiger partial charge < -0.3 is 5.32 Å². The molecule has 3 nitrogen and oxygen atoms in total. The van der Waals surface area contributed by atoms with Crippen LogP contribution in [-0.2, 0) is 4.79 Å². The molecule has 0 saturated carbocycles. The first kappa shape index (κ1) is 16.9. The van der Waals surface area contributed by atoms with Crippen LogP contribution in [0.2, 0.25) is 0 Å². The van der Waals surface area contributed by atoms with E-state index in [9.17, 15) is 4.79 Å². The standard InChI is InChI=1S/C19H17BrN2OS/c20-15-9-4-5-10-16(15)22-18(23)13-21-19(17-11-6-12-24-17)14-7-2-1-3-8-14/h1-12,19,21H,13H2,(H,22,23)/t19-/m0/s1. The van der Waals surface area contributed by atoms with Gasteiger partial charge >= 0.3 is 0 Å². The summed E-state index contributed by atoms with van der Waals surface area (Å²) in [5.74, 6) is -0.0700. The van der Waals surface area contributed by atoms with E-state index >= 15 is 0 Å². The Morgan fingerprint density at radius 2 is 1.75 bits per heavy atom. The summed E-state index contributed by atoms with van der Waals surface area (Å²) in [7, 11) is 0. The van der Waals surface area contributed by atoms with Crippen molar-refractivity contribution in [2.45, 2.75) is 6.04 Å². The zero-order valence-electron chi connectivity index (χ0n) is 12.9. The second-order valence-corrected chi connectivity index (χ2v) is 7.10. The number of hydrogen-bond acceptors (Lipinski definition) is 3. The van der Waals surface area contributed by atoms with Crippen LogP contribution in [0.25, 0.3) is 0 Å². The van der Waals surface area contributed by atoms with Gasteiger partial charge in [0, 0.05) is 9.35 Å². The Labute approximate surface area is 153 Å². The van der Waals surface area contributed by atoms with Crippen molar-refractivity contribution in [2.75, 3.05) is 11.9 Å². The molecule has 0 aliphatic carbocycles. The highest BCUT2D eigenvalue weighted by atomic mass is 79.9. The zero-order chi connectivity index (χ0) is 16.8. The molecule has 0 spiro atoms. The normalized spacial score (nSPS) is 11.9. The molecule has 0 aliphatic rings. The number of rotatable bonds is 6. The summed E-state index contributed by atoms with van der Waals surface area (Å²) in [4.78, 5) is 13.5. The number of thiophene rings is 1. The van der Waals surface area contributed by atoms with E-state index < -0.39 is 0 Å². The van der Waals surface area contributed by atoms with E-state index in [4.69, 9.17) is 0 Å². The first-order valence-electron chi connectivity index (χ1n) is 7.60. The van der Waals surface area contributed by atoms with Crippen LogP contribution in [0, 0.1) is 0 Å². The quantitative estimate of drug-likeness (QED) is 0.621. The Morgan fingerprint density at radius 3 is 2.46 bits per heavy atom. The van der Waals surface area contributed by atoms with E-state index in [0.717, 1.165) is 15.7 Å². The van der Waals surface area contributed by atoms with Gasteiger partial charge in [0.25, 0.3) is 0 Å². The smallest absolute Gasteiger partial charge is 0.238 e. The molecular weight excluding hydrogens is 384 g/mol. The third-order valence-corrected chi connectivity index (χ3v) is 5.20. The molecule has 0 fully saturated rings. The van der Waals surface area contributed by atoms with Gasteiger partial charge in [0.2, 0.25) is 5.91 Å². The van der Waals surface area contributed by atoms with Gasteiger partial charge in [-0.15, -0.1) is 11.3 Å². The molecule has 1 amide bonds. The fourth-order valence-corrected chi connectivity index (χ4v) is 3.65. The fourth-order valence-electron chi connectivity index (χ4n) is 2.44. The van der Waals surface area contributed by atoms with Gasteiger partial charge in [-0.25, -0.2) is 0 Å². The lowest BCUT2D eigenvalue weighted by Gasteiger charge is -2.18. The monoisotopic (exact) mass is 400 g/mol. The topological polar surface area (TPSA) is 41.1 Å². The Hall–Kier alpha value is -1.95. The Bertz CT molecular complexity index is 790. The fraction of sp³-hybridized carbons (Fsp3) is 0.105. The maximum absolute atomic E-state index is 12.3. The van der Waals surface area contributed by atoms with Gasteiger partial charge in [0.05, 0.1) is 18.3 Å². The lowest BCUT2D eigenvalue weighted by molar-refractivity contribution is -0.115. The molecule has 3 aromatic rings. The van der Waals surface area contributed by atoms with Crippen molar-refractivity contribution in [1.29, 1.82) is 0 Å². The number of carbonyl (C=O) groups is 1. The molecule has 0 radical (unpaired) electrons. The summed E-state index contributed by atoms with van der Waals surface area (Å²) in [6.45, 7) is 0.235. The summed E-state index contributed by atoms with van der Waals surface area (Å²) >= 11 is 5.12. The molecule has 0 unspecified atom stereocenters. The summed E-state index contributed by atoms with van der Waals surface area (Å²) in [5.41, 5.74) is 1.92. The summed E-state index contributed by atoms with van der Waals surface area (Å²) < 4.78 is 0.871. The molecule has 5 heteroatoms. The number of carbonyl (C=O) groups excluding carboxylic acids is 1. The van der Waals surface area contributed by atoms with Crippen LogP contribution < -0.4 is 10.6 Å². The van der Waals surface area contributed by atoms with Crippen LogP contribution in [0.3, 0.4) is 0 Å². The molecule has 24 heavy (non-hydrogen) atoms. The van der Waals surface area contributed by atoms with Gasteiger partial charge in [-0.3, -0.25) is 10.1 Å². The van der Waals surface area contributed by atoms with E-state index in [1.165, 1.54) is 4.88 Å². The second-order valence-electron chi connectivity index (χ2n) is 5.27. The number of amides is 1. The largest absolute Gasteiger partial charge is 0.324 e. The van der Waals surface area contributed by atoms with Crippen LogP contribution in [0.5, 0.6) is 0 Å². The molecule has 1 atom stereocenters. The van der Waals surface area contributed by atoms with Crippen molar-refractivity contribution < 1.29 is 4.79 Å². The molecule has 122 valence electrons. The van der Waals surface area contributed by atoms with Gasteiger partial charge in [0.1, 0.15) is 0 Å². The molecule has 0 bridgehead atoms. The number of para-hydroxylation sites is 1. The summed E-state index contributed by atoms with van der Waals surface area (Å²) in [6.07, 6.45) is 0. The third kappa shape index (κ3) is 4.32. The molecular formula is C19H17BrN2OS. The van der Waals surface area contributed by atoms with E-state index in [2.05, 4.69) is 44.8 Å². The van der Waals surface area contributed by atoms with Crippen molar-refractivity contribution in [1.82, 2.24) is 5.32 Å². The Morgan fingerprint density at radius 1 is 1.00 bits per heavy atom. The van der Waals surface area contributed by atoms with E-state index in [-0.39, 0.29) is 18.5 Å². The minimum Gasteiger partial charge on any atom is -0.324 e. The van der Waals surface area contributed by atoms with Gasteiger partial charge in [-0.2, -0.15) is 0 Å². The van der Waals surface area contributed by atoms with Crippen molar-refractivity contribution >= 4 is 38.9 Å². The lowest BCUT2D eigenvalue weighted by Crippen LogP contribution is -2.31. The highest BCUT2D eigenvalue weighted by molar-refractivity contribution is 9.10. The van der Waals surface area contributed by atoms with Crippen LogP contribution in [0.4, 0.5) is 5.69 Å². The number of nitrogens with one attached hydrogen (secondary N) is 2. The second kappa shape index (κ2) is 8.24. The van der Waals surface area contributed by atoms with E-state index in [1.807, 2.05) is 53.9 Å². The minimum absolute atomic E-state index is 0.0103. The van der Waals surface area contributed by atoms with Crippen LogP contribution in [0.15, 0.2) is 76.6 Å². The van der Waals surface area contributed by atoms with Crippen LogP contribution in [0.1, 0.15) is 16.5 Å². The highest BCUT2D eigenvalue weighted by Crippen LogP contribution is 2.26. The molecule has 0 aliphatic heterocycles. The highest BCUT2D eigenvalue weighted by Gasteiger charge is 2.16. The third-order valence-electron chi connectivity index (χ3n) is 3.58. The maximum Gasteiger partial charge on any atom is 0.238 e. The van der Waals surface area contributed by atoms with Crippen molar-refractivity contribution in [3.8, 4) is 0 Å². The first-order valence-corrected chi connectivity index (χ1v) is 9.27. The molecule has 0 saturated heterocycles. The minimum atomic E-state index is -0.0700. The number of hydrogen-bond donors (Lipinski definition) is 2. The predicted molar refractivity (Wildman–Crippen MR) is 103 cm³/mol. The van der Waals surface area contributed by atoms with E-state index in [0.29, 0.717) is 0 Å². The molecule has 2 N–H and O–H groups in total. The molecule has 2 aromatic carbocycles. The van der Waals surface area contributed by atoms with Crippen molar-refractivity contribution in [2.24, 2.45) is 0 Å². The van der Waals surface area contributed by atoms with Crippen LogP contribution in [-0.4, -0.2) is 12.5 Å². The SMILES string of the molecule is O=C(CN[C@@H](c1ccccc1)c1cccs1)Nc1ccccc1Br. The Kier molecular flexibility index (Phi) is 5.80. The lowest BCUT2D eigenvalue weighted by atomic mass is 10.1. The summed E-state index contributed by atoms with van der Waals surface area (Å²) in [5, 5.41) is 8.33. The average Bonchev–Trinajstić information content (AvgIpc) is 3.12. The van der Waals surface area contributed by atoms with E-state index in [1.54, 1.807) is 11.3 Å². The molecule has 3 rings (SSSR count). The van der Waals surface area contributed by atoms with Gasteiger partial charge in [-0.05, 0) is 45.1 Å². The average molecular weight is 401 g/mol.